The molecule has 0 amide bonds. The van der Waals surface area contributed by atoms with Crippen LogP contribution in [0.2, 0.25) is 0 Å². The van der Waals surface area contributed by atoms with E-state index in [0.717, 1.165) is 18.4 Å². The first-order valence-electron chi connectivity index (χ1n) is 8.48. The summed E-state index contributed by atoms with van der Waals surface area (Å²) in [6, 6.07) is 9.55. The molecule has 1 aliphatic rings. The molecule has 0 radical (unpaired) electrons. The molecule has 0 heterocycles. The first-order valence-corrected chi connectivity index (χ1v) is 8.48. The molecule has 1 aromatic carbocycles. The highest BCUT2D eigenvalue weighted by molar-refractivity contribution is 5.26. The summed E-state index contributed by atoms with van der Waals surface area (Å²) in [6.07, 6.45) is 8.10. The molecule has 0 aliphatic heterocycles. The molecule has 1 fully saturated rings. The lowest BCUT2D eigenvalue weighted by atomic mass is 9.77. The molecule has 1 aromatic rings. The third-order valence-corrected chi connectivity index (χ3v) is 4.90. The Morgan fingerprint density at radius 2 is 2.05 bits per heavy atom. The topological polar surface area (TPSA) is 12.0 Å². The van der Waals surface area contributed by atoms with Crippen LogP contribution in [0.5, 0.6) is 0 Å². The first kappa shape index (κ1) is 15.6. The predicted molar refractivity (Wildman–Crippen MR) is 88.1 cm³/mol. The van der Waals surface area contributed by atoms with Crippen LogP contribution >= 0.6 is 0 Å². The van der Waals surface area contributed by atoms with Gasteiger partial charge in [0.1, 0.15) is 0 Å². The van der Waals surface area contributed by atoms with Crippen molar-refractivity contribution in [2.45, 2.75) is 65.3 Å². The normalized spacial score (nSPS) is 24.6. The van der Waals surface area contributed by atoms with Crippen molar-refractivity contribution in [3.05, 3.63) is 35.4 Å². The Morgan fingerprint density at radius 3 is 2.75 bits per heavy atom. The second-order valence-corrected chi connectivity index (χ2v) is 6.72. The molecule has 0 spiro atoms. The molecular weight excluding hydrogens is 242 g/mol. The van der Waals surface area contributed by atoms with Gasteiger partial charge in [-0.05, 0) is 62.1 Å². The molecule has 1 aliphatic carbocycles. The number of hydrogen-bond donors (Lipinski definition) is 1. The third kappa shape index (κ3) is 4.34. The van der Waals surface area contributed by atoms with E-state index in [1.165, 1.54) is 49.7 Å². The van der Waals surface area contributed by atoms with Gasteiger partial charge in [-0.2, -0.15) is 0 Å². The molecular formula is C19H31N. The van der Waals surface area contributed by atoms with Crippen molar-refractivity contribution in [1.29, 1.82) is 0 Å². The summed E-state index contributed by atoms with van der Waals surface area (Å²) >= 11 is 0. The van der Waals surface area contributed by atoms with Crippen molar-refractivity contribution in [2.75, 3.05) is 6.54 Å². The van der Waals surface area contributed by atoms with Crippen LogP contribution < -0.4 is 5.32 Å². The smallest absolute Gasteiger partial charge is 0.0136 e. The zero-order valence-electron chi connectivity index (χ0n) is 13.5. The lowest BCUT2D eigenvalue weighted by molar-refractivity contribution is 0.221. The van der Waals surface area contributed by atoms with Gasteiger partial charge >= 0.3 is 0 Å². The van der Waals surface area contributed by atoms with Crippen LogP contribution in [-0.4, -0.2) is 12.6 Å². The summed E-state index contributed by atoms with van der Waals surface area (Å²) in [5.41, 5.74) is 2.97. The van der Waals surface area contributed by atoms with Crippen LogP contribution in [0.1, 0.15) is 57.1 Å². The monoisotopic (exact) mass is 273 g/mol. The van der Waals surface area contributed by atoms with Crippen LogP contribution in [0.3, 0.4) is 0 Å². The largest absolute Gasteiger partial charge is 0.313 e. The zero-order chi connectivity index (χ0) is 14.4. The molecule has 20 heavy (non-hydrogen) atoms. The number of benzene rings is 1. The number of nitrogens with one attached hydrogen (secondary N) is 1. The van der Waals surface area contributed by atoms with Crippen molar-refractivity contribution in [3.63, 3.8) is 0 Å². The summed E-state index contributed by atoms with van der Waals surface area (Å²) < 4.78 is 0. The Bertz CT molecular complexity index is 399. The fraction of sp³-hybridized carbons (Fsp3) is 0.684. The third-order valence-electron chi connectivity index (χ3n) is 4.90. The highest BCUT2D eigenvalue weighted by Crippen LogP contribution is 2.32. The summed E-state index contributed by atoms with van der Waals surface area (Å²) in [7, 11) is 0. The Hall–Kier alpha value is -0.820. The minimum absolute atomic E-state index is 0.666. The molecule has 1 heteroatoms. The SMILES string of the molecule is CCCNC(Cc1ccccc1C)C1CCCC(C)C1. The van der Waals surface area contributed by atoms with Gasteiger partial charge in [0.25, 0.3) is 0 Å². The van der Waals surface area contributed by atoms with Crippen LogP contribution in [-0.2, 0) is 6.42 Å². The van der Waals surface area contributed by atoms with E-state index in [1.807, 2.05) is 0 Å². The average Bonchev–Trinajstić information content (AvgIpc) is 2.45. The molecule has 0 saturated heterocycles. The molecule has 1 saturated carbocycles. The van der Waals surface area contributed by atoms with Gasteiger partial charge in [0, 0.05) is 6.04 Å². The highest BCUT2D eigenvalue weighted by Gasteiger charge is 2.26. The van der Waals surface area contributed by atoms with E-state index in [-0.39, 0.29) is 0 Å². The van der Waals surface area contributed by atoms with Crippen molar-refractivity contribution in [1.82, 2.24) is 5.32 Å². The Kier molecular flexibility index (Phi) is 6.09. The highest BCUT2D eigenvalue weighted by atomic mass is 14.9. The average molecular weight is 273 g/mol. The molecule has 2 rings (SSSR count). The molecule has 0 bridgehead atoms. The van der Waals surface area contributed by atoms with E-state index in [2.05, 4.69) is 50.4 Å². The van der Waals surface area contributed by atoms with E-state index < -0.39 is 0 Å². The lowest BCUT2D eigenvalue weighted by Gasteiger charge is -2.34. The second-order valence-electron chi connectivity index (χ2n) is 6.72. The van der Waals surface area contributed by atoms with Crippen LogP contribution in [0.25, 0.3) is 0 Å². The van der Waals surface area contributed by atoms with Gasteiger partial charge < -0.3 is 5.32 Å². The molecule has 112 valence electrons. The number of rotatable bonds is 6. The minimum Gasteiger partial charge on any atom is -0.313 e. The maximum Gasteiger partial charge on any atom is 0.0136 e. The van der Waals surface area contributed by atoms with Crippen LogP contribution in [0, 0.1) is 18.8 Å². The molecule has 1 nitrogen and oxygen atoms in total. The summed E-state index contributed by atoms with van der Waals surface area (Å²) in [5, 5.41) is 3.84. The van der Waals surface area contributed by atoms with Gasteiger partial charge in [-0.1, -0.05) is 51.0 Å². The van der Waals surface area contributed by atoms with E-state index in [9.17, 15) is 0 Å². The molecule has 1 N–H and O–H groups in total. The maximum atomic E-state index is 3.84. The van der Waals surface area contributed by atoms with E-state index in [1.54, 1.807) is 0 Å². The maximum absolute atomic E-state index is 3.84. The Balaban J connectivity index is 2.04. The minimum atomic E-state index is 0.666. The lowest BCUT2D eigenvalue weighted by Crippen LogP contribution is -2.40. The van der Waals surface area contributed by atoms with Gasteiger partial charge in [-0.25, -0.2) is 0 Å². The van der Waals surface area contributed by atoms with Crippen molar-refractivity contribution in [3.8, 4) is 0 Å². The van der Waals surface area contributed by atoms with Crippen LogP contribution in [0.15, 0.2) is 24.3 Å². The summed E-state index contributed by atoms with van der Waals surface area (Å²) in [6.45, 7) is 8.09. The molecule has 3 unspecified atom stereocenters. The Morgan fingerprint density at radius 1 is 1.25 bits per heavy atom. The van der Waals surface area contributed by atoms with Crippen LogP contribution in [0.4, 0.5) is 0 Å². The summed E-state index contributed by atoms with van der Waals surface area (Å²) in [5.74, 6) is 1.78. The summed E-state index contributed by atoms with van der Waals surface area (Å²) in [4.78, 5) is 0. The second kappa shape index (κ2) is 7.83. The predicted octanol–water partition coefficient (Wildman–Crippen LogP) is 4.73. The van der Waals surface area contributed by atoms with Gasteiger partial charge in [0.05, 0.1) is 0 Å². The Labute approximate surface area is 125 Å². The van der Waals surface area contributed by atoms with Gasteiger partial charge in [-0.3, -0.25) is 0 Å². The first-order chi connectivity index (χ1) is 9.70. The van der Waals surface area contributed by atoms with E-state index in [4.69, 9.17) is 0 Å². The number of hydrogen-bond acceptors (Lipinski definition) is 1. The van der Waals surface area contributed by atoms with E-state index in [0.29, 0.717) is 6.04 Å². The quantitative estimate of drug-likeness (QED) is 0.790. The van der Waals surface area contributed by atoms with Gasteiger partial charge in [0.2, 0.25) is 0 Å². The van der Waals surface area contributed by atoms with E-state index >= 15 is 0 Å². The van der Waals surface area contributed by atoms with Crippen molar-refractivity contribution in [2.24, 2.45) is 11.8 Å². The van der Waals surface area contributed by atoms with Crippen molar-refractivity contribution < 1.29 is 0 Å². The standard InChI is InChI=1S/C19H31N/c1-4-12-20-19(18-11-7-8-15(2)13-18)14-17-10-6-5-9-16(17)3/h5-6,9-10,15,18-20H,4,7-8,11-14H2,1-3H3. The number of aryl methyl sites for hydroxylation is 1. The fourth-order valence-electron chi connectivity index (χ4n) is 3.66. The van der Waals surface area contributed by atoms with Crippen molar-refractivity contribution >= 4 is 0 Å². The molecule has 0 aromatic heterocycles. The fourth-order valence-corrected chi connectivity index (χ4v) is 3.66. The van der Waals surface area contributed by atoms with Gasteiger partial charge in [0.15, 0.2) is 0 Å². The molecule has 3 atom stereocenters. The van der Waals surface area contributed by atoms with Gasteiger partial charge in [-0.15, -0.1) is 0 Å². The zero-order valence-corrected chi connectivity index (χ0v) is 13.5.